The molecule has 0 fully saturated rings. The normalized spacial score (nSPS) is 10.7. The number of imide groups is 1. The molecule has 2 N–H and O–H groups in total. The standard InChI is InChI=1S/C14H17IN2O4/c1-14(2,3)17-13(20)16-11(18)8-21-12(19)9-6-4-5-7-10(9)15/h4-7H,8H2,1-3H3,(H2,16,17,18,20). The Balaban J connectivity index is 2.45. The number of carbonyl (C=O) groups is 3. The number of esters is 1. The average molecular weight is 404 g/mol. The molecule has 0 aliphatic heterocycles. The molecule has 1 aromatic carbocycles. The molecule has 0 aliphatic carbocycles. The molecule has 0 saturated carbocycles. The van der Waals surface area contributed by atoms with Gasteiger partial charge in [0.1, 0.15) is 0 Å². The Bertz CT molecular complexity index is 552. The van der Waals surface area contributed by atoms with Gasteiger partial charge in [0.05, 0.1) is 5.56 Å². The largest absolute Gasteiger partial charge is 0.452 e. The molecule has 6 nitrogen and oxygen atoms in total. The zero-order valence-corrected chi connectivity index (χ0v) is 14.2. The van der Waals surface area contributed by atoms with Crippen LogP contribution in [0.1, 0.15) is 31.1 Å². The van der Waals surface area contributed by atoms with Gasteiger partial charge in [-0.25, -0.2) is 9.59 Å². The maximum absolute atomic E-state index is 11.8. The Morgan fingerprint density at radius 1 is 1.19 bits per heavy atom. The maximum atomic E-state index is 11.8. The van der Waals surface area contributed by atoms with Crippen molar-refractivity contribution >= 4 is 40.5 Å². The van der Waals surface area contributed by atoms with Crippen LogP contribution in [0.3, 0.4) is 0 Å². The minimum absolute atomic E-state index is 0.380. The van der Waals surface area contributed by atoms with Gasteiger partial charge in [0.25, 0.3) is 5.91 Å². The number of ether oxygens (including phenoxy) is 1. The summed E-state index contributed by atoms with van der Waals surface area (Å²) >= 11 is 2.00. The predicted molar refractivity (Wildman–Crippen MR) is 85.9 cm³/mol. The summed E-state index contributed by atoms with van der Waals surface area (Å²) in [7, 11) is 0. The molecule has 0 radical (unpaired) electrons. The van der Waals surface area contributed by atoms with Gasteiger partial charge in [-0.1, -0.05) is 12.1 Å². The Hall–Kier alpha value is -1.64. The molecule has 0 aromatic heterocycles. The Labute approximate surface area is 136 Å². The first kappa shape index (κ1) is 17.4. The number of benzene rings is 1. The molecular weight excluding hydrogens is 387 g/mol. The first-order valence-electron chi connectivity index (χ1n) is 6.23. The van der Waals surface area contributed by atoms with Crippen LogP contribution in [0.25, 0.3) is 0 Å². The lowest BCUT2D eigenvalue weighted by Gasteiger charge is -2.20. The molecule has 0 spiro atoms. The van der Waals surface area contributed by atoms with Crippen LogP contribution < -0.4 is 10.6 Å². The van der Waals surface area contributed by atoms with E-state index in [4.69, 9.17) is 4.74 Å². The number of nitrogens with one attached hydrogen (secondary N) is 2. The van der Waals surface area contributed by atoms with E-state index in [1.807, 2.05) is 22.6 Å². The number of carbonyl (C=O) groups excluding carboxylic acids is 3. The molecule has 0 bridgehead atoms. The Morgan fingerprint density at radius 3 is 2.38 bits per heavy atom. The van der Waals surface area contributed by atoms with Gasteiger partial charge in [-0.3, -0.25) is 10.1 Å². The average Bonchev–Trinajstić information content (AvgIpc) is 2.34. The lowest BCUT2D eigenvalue weighted by molar-refractivity contribution is -0.123. The fourth-order valence-electron chi connectivity index (χ4n) is 1.37. The number of rotatable bonds is 3. The lowest BCUT2D eigenvalue weighted by Crippen LogP contribution is -2.49. The van der Waals surface area contributed by atoms with Crippen molar-refractivity contribution in [1.29, 1.82) is 0 Å². The van der Waals surface area contributed by atoms with Gasteiger partial charge >= 0.3 is 12.0 Å². The van der Waals surface area contributed by atoms with Gasteiger partial charge in [-0.2, -0.15) is 0 Å². The number of hydrogen-bond donors (Lipinski definition) is 2. The summed E-state index contributed by atoms with van der Waals surface area (Å²) < 4.78 is 5.59. The molecule has 3 amide bonds. The van der Waals surface area contributed by atoms with Gasteiger partial charge in [-0.05, 0) is 55.5 Å². The number of halogens is 1. The fraction of sp³-hybridized carbons (Fsp3) is 0.357. The fourth-order valence-corrected chi connectivity index (χ4v) is 1.98. The molecule has 7 heteroatoms. The van der Waals surface area contributed by atoms with Crippen molar-refractivity contribution in [2.45, 2.75) is 26.3 Å². The van der Waals surface area contributed by atoms with Crippen LogP contribution in [0.5, 0.6) is 0 Å². The van der Waals surface area contributed by atoms with Crippen LogP contribution in [-0.2, 0) is 9.53 Å². The highest BCUT2D eigenvalue weighted by molar-refractivity contribution is 14.1. The second kappa shape index (κ2) is 7.39. The number of urea groups is 1. The minimum atomic E-state index is -0.684. The zero-order valence-electron chi connectivity index (χ0n) is 12.0. The van der Waals surface area contributed by atoms with E-state index in [9.17, 15) is 14.4 Å². The predicted octanol–water partition coefficient (Wildman–Crippen LogP) is 2.07. The third kappa shape index (κ3) is 6.56. The highest BCUT2D eigenvalue weighted by atomic mass is 127. The van der Waals surface area contributed by atoms with E-state index >= 15 is 0 Å². The molecule has 0 unspecified atom stereocenters. The minimum Gasteiger partial charge on any atom is -0.452 e. The van der Waals surface area contributed by atoms with Crippen molar-refractivity contribution in [3.05, 3.63) is 33.4 Å². The Morgan fingerprint density at radius 2 is 1.81 bits per heavy atom. The van der Waals surface area contributed by atoms with Crippen molar-refractivity contribution in [1.82, 2.24) is 10.6 Å². The summed E-state index contributed by atoms with van der Waals surface area (Å²) in [5, 5.41) is 4.66. The maximum Gasteiger partial charge on any atom is 0.339 e. The number of hydrogen-bond acceptors (Lipinski definition) is 4. The molecule has 1 aromatic rings. The van der Waals surface area contributed by atoms with E-state index in [0.29, 0.717) is 5.56 Å². The second-order valence-electron chi connectivity index (χ2n) is 5.31. The monoisotopic (exact) mass is 404 g/mol. The lowest BCUT2D eigenvalue weighted by atomic mass is 10.1. The summed E-state index contributed by atoms with van der Waals surface area (Å²) in [6, 6.07) is 6.23. The molecule has 0 aliphatic rings. The van der Waals surface area contributed by atoms with E-state index in [1.165, 1.54) is 0 Å². The summed E-state index contributed by atoms with van der Waals surface area (Å²) in [6.45, 7) is 4.85. The van der Waals surface area contributed by atoms with Crippen molar-refractivity contribution in [3.63, 3.8) is 0 Å². The van der Waals surface area contributed by atoms with E-state index in [2.05, 4.69) is 10.6 Å². The van der Waals surface area contributed by atoms with Crippen molar-refractivity contribution < 1.29 is 19.1 Å². The molecule has 0 atom stereocenters. The summed E-state index contributed by atoms with van der Waals surface area (Å²) in [5.41, 5.74) is -0.0775. The molecule has 1 rings (SSSR count). The van der Waals surface area contributed by atoms with Gasteiger partial charge in [0, 0.05) is 9.11 Å². The first-order chi connectivity index (χ1) is 9.69. The van der Waals surface area contributed by atoms with Gasteiger partial charge in [0.15, 0.2) is 6.61 Å². The van der Waals surface area contributed by atoms with Crippen LogP contribution >= 0.6 is 22.6 Å². The van der Waals surface area contributed by atoms with Crippen LogP contribution in [0.4, 0.5) is 4.79 Å². The van der Waals surface area contributed by atoms with E-state index < -0.39 is 30.1 Å². The third-order valence-electron chi connectivity index (χ3n) is 2.17. The van der Waals surface area contributed by atoms with Crippen LogP contribution in [-0.4, -0.2) is 30.1 Å². The zero-order chi connectivity index (χ0) is 16.0. The van der Waals surface area contributed by atoms with Crippen molar-refractivity contribution in [2.75, 3.05) is 6.61 Å². The van der Waals surface area contributed by atoms with Gasteiger partial charge in [0.2, 0.25) is 0 Å². The van der Waals surface area contributed by atoms with E-state index in [1.54, 1.807) is 45.0 Å². The van der Waals surface area contributed by atoms with E-state index in [0.717, 1.165) is 3.57 Å². The molecule has 0 heterocycles. The van der Waals surface area contributed by atoms with Gasteiger partial charge in [-0.15, -0.1) is 0 Å². The SMILES string of the molecule is CC(C)(C)NC(=O)NC(=O)COC(=O)c1ccccc1I. The summed E-state index contributed by atoms with van der Waals surface area (Å²) in [5.74, 6) is -1.29. The summed E-state index contributed by atoms with van der Waals surface area (Å²) in [4.78, 5) is 34.7. The molecule has 0 saturated heterocycles. The quantitative estimate of drug-likeness (QED) is 0.597. The Kier molecular flexibility index (Phi) is 6.13. The molecule has 114 valence electrons. The second-order valence-corrected chi connectivity index (χ2v) is 6.47. The van der Waals surface area contributed by atoms with Gasteiger partial charge < -0.3 is 10.1 Å². The molecule has 21 heavy (non-hydrogen) atoms. The van der Waals surface area contributed by atoms with Crippen LogP contribution in [0.2, 0.25) is 0 Å². The van der Waals surface area contributed by atoms with Crippen molar-refractivity contribution in [3.8, 4) is 0 Å². The van der Waals surface area contributed by atoms with E-state index in [-0.39, 0.29) is 0 Å². The number of amides is 3. The van der Waals surface area contributed by atoms with Crippen LogP contribution in [0, 0.1) is 3.57 Å². The first-order valence-corrected chi connectivity index (χ1v) is 7.30. The van der Waals surface area contributed by atoms with Crippen molar-refractivity contribution in [2.24, 2.45) is 0 Å². The highest BCUT2D eigenvalue weighted by Crippen LogP contribution is 2.12. The molecular formula is C14H17IN2O4. The third-order valence-corrected chi connectivity index (χ3v) is 3.11. The summed E-state index contributed by atoms with van der Waals surface area (Å²) in [6.07, 6.45) is 0. The topological polar surface area (TPSA) is 84.5 Å². The smallest absolute Gasteiger partial charge is 0.339 e. The van der Waals surface area contributed by atoms with Crippen LogP contribution in [0.15, 0.2) is 24.3 Å². The highest BCUT2D eigenvalue weighted by Gasteiger charge is 2.17.